The number of esters is 2. The van der Waals surface area contributed by atoms with E-state index in [0.717, 1.165) is 57.8 Å². The van der Waals surface area contributed by atoms with Crippen LogP contribution in [0.2, 0.25) is 0 Å². The first-order valence-electron chi connectivity index (χ1n) is 23.9. The molecule has 1 aliphatic carbocycles. The van der Waals surface area contributed by atoms with Gasteiger partial charge in [0, 0.05) is 12.8 Å². The maximum Gasteiger partial charge on any atom is 0.306 e. The number of hydrogen-bond donors (Lipinski definition) is 9. The van der Waals surface area contributed by atoms with Crippen molar-refractivity contribution in [2.45, 2.75) is 236 Å². The highest BCUT2D eigenvalue weighted by molar-refractivity contribution is 7.46. The number of ether oxygens (including phenoxy) is 2. The van der Waals surface area contributed by atoms with E-state index in [9.17, 15) is 72.3 Å². The lowest BCUT2D eigenvalue weighted by atomic mass is 9.85. The molecule has 0 heterocycles. The summed E-state index contributed by atoms with van der Waals surface area (Å²) in [7, 11) is -25.1. The second-order valence-electron chi connectivity index (χ2n) is 17.1. The van der Waals surface area contributed by atoms with Crippen molar-refractivity contribution >= 4 is 43.2 Å². The lowest BCUT2D eigenvalue weighted by Crippen LogP contribution is -2.66. The van der Waals surface area contributed by atoms with Crippen LogP contribution in [0.25, 0.3) is 0 Å². The molecule has 30 N–H and O–H groups in total. The number of carbonyl (C=O) groups excluding carboxylic acids is 2. The van der Waals surface area contributed by atoms with Gasteiger partial charge in [-0.25, -0.2) is 0 Å². The van der Waals surface area contributed by atoms with Crippen molar-refractivity contribution in [2.24, 2.45) is 0 Å². The molecule has 4 unspecified atom stereocenters. The minimum absolute atomic E-state index is 0. The molecule has 74 heavy (non-hydrogen) atoms. The van der Waals surface area contributed by atoms with Crippen molar-refractivity contribution in [1.82, 2.24) is 43.1 Å². The van der Waals surface area contributed by atoms with Crippen LogP contribution >= 0.6 is 31.3 Å². The Morgan fingerprint density at radius 1 is 0.405 bits per heavy atom. The largest absolute Gasteiger partial charge is 0.790 e. The van der Waals surface area contributed by atoms with E-state index < -0.39 is 99.2 Å². The van der Waals surface area contributed by atoms with Crippen molar-refractivity contribution in [2.75, 3.05) is 13.2 Å². The second kappa shape index (κ2) is 48.0. The third-order valence-electron chi connectivity index (χ3n) is 11.1. The number of phosphoric acid groups is 4. The molecule has 0 spiro atoms. The van der Waals surface area contributed by atoms with E-state index in [4.69, 9.17) is 14.0 Å². The summed E-state index contributed by atoms with van der Waals surface area (Å²) in [5.41, 5.74) is 0. The van der Waals surface area contributed by atoms with Gasteiger partial charge in [0.05, 0.1) is 30.1 Å². The van der Waals surface area contributed by atoms with Crippen LogP contribution in [0.1, 0.15) is 194 Å². The minimum atomic E-state index is -6.37. The summed E-state index contributed by atoms with van der Waals surface area (Å²) in [5, 5.41) is 21.5. The van der Waals surface area contributed by atoms with E-state index in [2.05, 4.69) is 31.9 Å². The molecule has 1 rings (SSSR count). The lowest BCUT2D eigenvalue weighted by Gasteiger charge is -2.52. The van der Waals surface area contributed by atoms with E-state index >= 15 is 0 Å². The van der Waals surface area contributed by atoms with Crippen LogP contribution in [0.15, 0.2) is 0 Å². The van der Waals surface area contributed by atoms with Crippen LogP contribution in [0.5, 0.6) is 0 Å². The van der Waals surface area contributed by atoms with Crippen LogP contribution in [-0.2, 0) is 59.9 Å². The number of hydrogen-bond acceptors (Lipinski definition) is 22. The Hall–Kier alpha value is -0.980. The van der Waals surface area contributed by atoms with Gasteiger partial charge in [-0.3, -0.25) is 14.2 Å². The zero-order valence-electron chi connectivity index (χ0n) is 46.1. The van der Waals surface area contributed by atoms with E-state index in [1.165, 1.54) is 89.9 Å². The molecular formula is C41H103N7O22P4. The van der Waals surface area contributed by atoms with Gasteiger partial charge in [-0.05, 0) is 12.8 Å². The Bertz CT molecular complexity index is 1520. The standard InChI is InChI=1S/C41H82O22P4.7H3N/c1-3-5-7-9-11-13-15-17-19-21-23-25-27-29-34(42)57-31-33(59-35(43)30-28-26-24-22-20-18-16-14-12-10-8-6-4-2)32-58-67(55,56)63-38-36(44)39(60-64(46,47)48)41(62-66(52,53)54)40(37(38)45)61-65(49,50)51;;;;;;;/h33,36-41,44-45H,3-32H2,1-2H3,(H,55,56)(H2,46,47,48)(H2,49,50,51)(H2,52,53,54);7*1H3/t33?,36-,37-,38?,39-,40+,41?;;;;;;;/m0......./s1. The van der Waals surface area contributed by atoms with Gasteiger partial charge in [-0.15, -0.1) is 0 Å². The Labute approximate surface area is 439 Å². The summed E-state index contributed by atoms with van der Waals surface area (Å²) in [6.45, 7) is 2.55. The summed E-state index contributed by atoms with van der Waals surface area (Å²) >= 11 is 0. The Kier molecular flexibility index (Phi) is 56.3. The van der Waals surface area contributed by atoms with Crippen LogP contribution in [0, 0.1) is 0 Å². The van der Waals surface area contributed by atoms with Gasteiger partial charge in [0.25, 0.3) is 7.82 Å². The summed E-state index contributed by atoms with van der Waals surface area (Å²) in [4.78, 5) is 107. The number of carbonyl (C=O) groups is 2. The average Bonchev–Trinajstić information content (AvgIpc) is 3.22. The summed E-state index contributed by atoms with van der Waals surface area (Å²) in [6.07, 6.45) is 8.20. The number of aliphatic hydroxyl groups excluding tert-OH is 2. The highest BCUT2D eigenvalue weighted by Crippen LogP contribution is 2.49. The van der Waals surface area contributed by atoms with Gasteiger partial charge in [-0.1, -0.05) is 168 Å². The third kappa shape index (κ3) is 44.9. The monoisotopic (exact) mass is 1170 g/mol. The van der Waals surface area contributed by atoms with Crippen molar-refractivity contribution in [3.8, 4) is 0 Å². The molecule has 1 fully saturated rings. The highest BCUT2D eigenvalue weighted by atomic mass is 31.2. The van der Waals surface area contributed by atoms with Crippen molar-refractivity contribution in [1.29, 1.82) is 0 Å². The molecule has 0 aromatic heterocycles. The summed E-state index contributed by atoms with van der Waals surface area (Å²) in [6, 6.07) is 0. The normalized spacial score (nSPS) is 19.7. The molecule has 0 aromatic rings. The number of rotatable bonds is 42. The van der Waals surface area contributed by atoms with E-state index in [0.29, 0.717) is 19.3 Å². The molecule has 0 bridgehead atoms. The summed E-state index contributed by atoms with van der Waals surface area (Å²) in [5.74, 6) is -1.49. The first kappa shape index (κ1) is 86.9. The maximum atomic E-state index is 13.1. The fraction of sp³-hybridized carbons (Fsp3) is 0.951. The summed E-state index contributed by atoms with van der Waals surface area (Å²) < 4.78 is 79.5. The van der Waals surface area contributed by atoms with Gasteiger partial charge in [-0.2, -0.15) is 0 Å². The smallest absolute Gasteiger partial charge is 0.306 e. The molecule has 0 radical (unpaired) electrons. The third-order valence-corrected chi connectivity index (χ3v) is 13.6. The zero-order valence-corrected chi connectivity index (χ0v) is 49.7. The van der Waals surface area contributed by atoms with Gasteiger partial charge in [0.2, 0.25) is 0 Å². The Morgan fingerprint density at radius 2 is 0.689 bits per heavy atom. The molecule has 33 heteroatoms. The van der Waals surface area contributed by atoms with Crippen molar-refractivity contribution in [3.63, 3.8) is 0 Å². The molecule has 29 nitrogen and oxygen atoms in total. The van der Waals surface area contributed by atoms with E-state index in [1.807, 2.05) is 0 Å². The van der Waals surface area contributed by atoms with Crippen molar-refractivity contribution in [3.05, 3.63) is 0 Å². The van der Waals surface area contributed by atoms with Crippen LogP contribution < -0.4 is 77.3 Å². The molecule has 1 aliphatic rings. The molecule has 8 atom stereocenters. The molecule has 454 valence electrons. The number of unbranched alkanes of at least 4 members (excludes halogenated alkanes) is 24. The first-order chi connectivity index (χ1) is 31.5. The quantitative estimate of drug-likeness (QED) is 0.0184. The Balaban J connectivity index is -0.00000128. The topological polar surface area (TPSA) is 624 Å². The van der Waals surface area contributed by atoms with Crippen LogP contribution in [0.3, 0.4) is 0 Å². The molecule has 1 saturated carbocycles. The second-order valence-corrected chi connectivity index (χ2v) is 21.8. The molecule has 0 aromatic carbocycles. The minimum Gasteiger partial charge on any atom is -0.790 e. The maximum absolute atomic E-state index is 13.1. The highest BCUT2D eigenvalue weighted by Gasteiger charge is 2.55. The SMILES string of the molecule is CCCCCCCCCCCCCCCC(=O)OCC(COP(=O)([O-])OC1[C@H](O)[C@H](OP(=O)([O-])[O-])C(OP(=O)([O-])[O-])[C@H](OP(=O)([O-])[O-])[C@H]1O)OC(=O)CCCCCCCCCCCCCCC.[NH4+].[NH4+].[NH4+].[NH4+].[NH4+].[NH4+].[NH4+]. The zero-order chi connectivity index (χ0) is 50.4. The molecule has 0 amide bonds. The number of aliphatic hydroxyl groups is 2. The van der Waals surface area contributed by atoms with E-state index in [-0.39, 0.29) is 55.9 Å². The predicted octanol–water partition coefficient (Wildman–Crippen LogP) is 6.28. The first-order valence-corrected chi connectivity index (χ1v) is 29.8. The van der Waals surface area contributed by atoms with Gasteiger partial charge in [0.1, 0.15) is 43.2 Å². The average molecular weight is 1170 g/mol. The molecule has 0 saturated heterocycles. The fourth-order valence-electron chi connectivity index (χ4n) is 7.64. The molecular weight excluding hydrogens is 1070 g/mol. The van der Waals surface area contributed by atoms with Crippen LogP contribution in [-0.4, -0.2) is 78.1 Å². The lowest BCUT2D eigenvalue weighted by molar-refractivity contribution is -0.373. The van der Waals surface area contributed by atoms with Crippen LogP contribution in [0.4, 0.5) is 0 Å². The van der Waals surface area contributed by atoms with E-state index in [1.54, 1.807) is 0 Å². The van der Waals surface area contributed by atoms with Crippen molar-refractivity contribution < 1.29 is 104 Å². The Morgan fingerprint density at radius 3 is 1.00 bits per heavy atom. The van der Waals surface area contributed by atoms with Gasteiger partial charge < -0.3 is 133 Å². The number of phosphoric ester groups is 4. The predicted molar refractivity (Wildman–Crippen MR) is 271 cm³/mol. The fourth-order valence-corrected chi connectivity index (χ4v) is 10.2. The number of quaternary nitrogens is 7. The van der Waals surface area contributed by atoms with Gasteiger partial charge in [0.15, 0.2) is 6.10 Å². The molecule has 0 aliphatic heterocycles. The van der Waals surface area contributed by atoms with Gasteiger partial charge >= 0.3 is 11.9 Å².